The second-order valence-corrected chi connectivity index (χ2v) is 7.87. The molecule has 3 aromatic carbocycles. The van der Waals surface area contributed by atoms with Crippen LogP contribution in [0.1, 0.15) is 28.9 Å². The number of methoxy groups -OCH3 is 1. The summed E-state index contributed by atoms with van der Waals surface area (Å²) in [5, 5.41) is 6.78. The van der Waals surface area contributed by atoms with E-state index in [1.165, 1.54) is 7.11 Å². The van der Waals surface area contributed by atoms with Crippen molar-refractivity contribution in [3.8, 4) is 0 Å². The van der Waals surface area contributed by atoms with Crippen LogP contribution in [-0.2, 0) is 9.53 Å². The molecule has 0 radical (unpaired) electrons. The summed E-state index contributed by atoms with van der Waals surface area (Å²) in [6.45, 7) is 1.88. The number of carbonyl (C=O) groups is 2. The second kappa shape index (κ2) is 9.67. The molecule has 0 unspecified atom stereocenters. The maximum atomic E-state index is 13.5. The van der Waals surface area contributed by atoms with Crippen LogP contribution < -0.4 is 15.5 Å². The first-order chi connectivity index (χ1) is 16.0. The Morgan fingerprint density at radius 2 is 1.55 bits per heavy atom. The number of nitrogens with zero attached hydrogens (tertiary/aromatic N) is 1. The summed E-state index contributed by atoms with van der Waals surface area (Å²) in [4.78, 5) is 27.2. The van der Waals surface area contributed by atoms with Crippen LogP contribution >= 0.6 is 12.2 Å². The van der Waals surface area contributed by atoms with Gasteiger partial charge in [-0.05, 0) is 61.1 Å². The molecular weight excluding hydrogens is 434 g/mol. The van der Waals surface area contributed by atoms with E-state index < -0.39 is 12.0 Å². The molecule has 0 saturated carbocycles. The van der Waals surface area contributed by atoms with Gasteiger partial charge in [-0.2, -0.15) is 0 Å². The molecule has 1 heterocycles. The van der Waals surface area contributed by atoms with E-state index in [-0.39, 0.29) is 5.91 Å². The van der Waals surface area contributed by atoms with E-state index in [9.17, 15) is 9.59 Å². The van der Waals surface area contributed by atoms with Gasteiger partial charge in [0.1, 0.15) is 0 Å². The maximum Gasteiger partial charge on any atom is 0.337 e. The molecule has 1 aliphatic rings. The van der Waals surface area contributed by atoms with Crippen LogP contribution in [-0.4, -0.2) is 24.1 Å². The highest BCUT2D eigenvalue weighted by molar-refractivity contribution is 7.80. The number of allylic oxidation sites excluding steroid dienone is 1. The van der Waals surface area contributed by atoms with E-state index in [4.69, 9.17) is 17.0 Å². The Labute approximate surface area is 197 Å². The van der Waals surface area contributed by atoms with E-state index in [2.05, 4.69) is 10.6 Å². The molecule has 0 aliphatic carbocycles. The molecule has 166 valence electrons. The van der Waals surface area contributed by atoms with Gasteiger partial charge >= 0.3 is 5.97 Å². The fourth-order valence-electron chi connectivity index (χ4n) is 3.82. The van der Waals surface area contributed by atoms with Crippen molar-refractivity contribution in [2.24, 2.45) is 0 Å². The number of nitrogens with one attached hydrogen (secondary N) is 2. The van der Waals surface area contributed by atoms with Gasteiger partial charge in [0, 0.05) is 17.1 Å². The Morgan fingerprint density at radius 3 is 2.15 bits per heavy atom. The van der Waals surface area contributed by atoms with Crippen molar-refractivity contribution >= 4 is 40.6 Å². The van der Waals surface area contributed by atoms with Crippen LogP contribution in [0.4, 0.5) is 11.4 Å². The molecule has 2 N–H and O–H groups in total. The van der Waals surface area contributed by atoms with Crippen molar-refractivity contribution in [3.63, 3.8) is 0 Å². The average Bonchev–Trinajstić information content (AvgIpc) is 2.84. The maximum absolute atomic E-state index is 13.5. The molecule has 33 heavy (non-hydrogen) atoms. The van der Waals surface area contributed by atoms with Gasteiger partial charge in [-0.1, -0.05) is 48.5 Å². The van der Waals surface area contributed by atoms with E-state index in [0.717, 1.165) is 16.9 Å². The smallest absolute Gasteiger partial charge is 0.337 e. The SMILES string of the molecule is COC(=O)c1ccc([C@@H]2NC(=S)N(c3ccccc3)C(C)=C2C(=O)Nc2ccccc2)cc1. The Hall–Kier alpha value is -3.97. The van der Waals surface area contributed by atoms with Gasteiger partial charge in [0.15, 0.2) is 5.11 Å². The number of ether oxygens (including phenoxy) is 1. The largest absolute Gasteiger partial charge is 0.465 e. The first-order valence-electron chi connectivity index (χ1n) is 10.4. The fourth-order valence-corrected chi connectivity index (χ4v) is 4.18. The first kappa shape index (κ1) is 22.2. The van der Waals surface area contributed by atoms with Gasteiger partial charge in [0.25, 0.3) is 5.91 Å². The van der Waals surface area contributed by atoms with Crippen LogP contribution in [0.3, 0.4) is 0 Å². The predicted octanol–water partition coefficient (Wildman–Crippen LogP) is 4.82. The Balaban J connectivity index is 1.77. The summed E-state index contributed by atoms with van der Waals surface area (Å²) >= 11 is 5.69. The van der Waals surface area contributed by atoms with E-state index in [1.807, 2.05) is 72.5 Å². The number of esters is 1. The van der Waals surface area contributed by atoms with Gasteiger partial charge in [0.2, 0.25) is 0 Å². The molecule has 3 aromatic rings. The molecule has 0 spiro atoms. The monoisotopic (exact) mass is 457 g/mol. The summed E-state index contributed by atoms with van der Waals surface area (Å²) in [6, 6.07) is 25.4. The number of rotatable bonds is 5. The first-order valence-corrected chi connectivity index (χ1v) is 10.8. The molecule has 1 atom stereocenters. The van der Waals surface area contributed by atoms with Gasteiger partial charge in [-0.3, -0.25) is 9.69 Å². The van der Waals surface area contributed by atoms with Crippen molar-refractivity contribution in [1.29, 1.82) is 0 Å². The molecule has 0 bridgehead atoms. The van der Waals surface area contributed by atoms with E-state index in [0.29, 0.717) is 21.9 Å². The lowest BCUT2D eigenvalue weighted by molar-refractivity contribution is -0.113. The van der Waals surface area contributed by atoms with E-state index >= 15 is 0 Å². The summed E-state index contributed by atoms with van der Waals surface area (Å²) in [5.74, 6) is -0.658. The number of thiocarbonyl (C=S) groups is 1. The molecular formula is C26H23N3O3S. The van der Waals surface area contributed by atoms with Crippen LogP contribution in [0.15, 0.2) is 96.2 Å². The molecule has 1 amide bonds. The molecule has 1 aliphatic heterocycles. The average molecular weight is 458 g/mol. The molecule has 0 aromatic heterocycles. The standard InChI is InChI=1S/C26H23N3O3S/c1-17-22(24(30)27-20-9-5-3-6-10-20)23(18-13-15-19(16-14-18)25(31)32-2)28-26(33)29(17)21-11-7-4-8-12-21/h3-16,23H,1-2H3,(H,27,30)(H,28,33)/t23-/m0/s1. The van der Waals surface area contributed by atoms with E-state index in [1.54, 1.807) is 24.3 Å². The summed E-state index contributed by atoms with van der Waals surface area (Å²) < 4.78 is 4.79. The lowest BCUT2D eigenvalue weighted by Crippen LogP contribution is -2.48. The number of hydrogen-bond acceptors (Lipinski definition) is 4. The zero-order chi connectivity index (χ0) is 23.4. The Morgan fingerprint density at radius 1 is 0.939 bits per heavy atom. The third-order valence-electron chi connectivity index (χ3n) is 5.44. The van der Waals surface area contributed by atoms with Gasteiger partial charge in [-0.25, -0.2) is 4.79 Å². The topological polar surface area (TPSA) is 70.7 Å². The van der Waals surface area contributed by atoms with Crippen LogP contribution in [0.25, 0.3) is 0 Å². The third-order valence-corrected chi connectivity index (χ3v) is 5.74. The number of amides is 1. The van der Waals surface area contributed by atoms with Crippen LogP contribution in [0.5, 0.6) is 0 Å². The number of para-hydroxylation sites is 2. The fraction of sp³-hybridized carbons (Fsp3) is 0.115. The minimum absolute atomic E-state index is 0.239. The highest BCUT2D eigenvalue weighted by atomic mass is 32.1. The predicted molar refractivity (Wildman–Crippen MR) is 133 cm³/mol. The third kappa shape index (κ3) is 4.63. The normalized spacial score (nSPS) is 15.6. The van der Waals surface area contributed by atoms with Crippen molar-refractivity contribution in [3.05, 3.63) is 107 Å². The van der Waals surface area contributed by atoms with Crippen molar-refractivity contribution < 1.29 is 14.3 Å². The molecule has 0 saturated heterocycles. The number of hydrogen-bond donors (Lipinski definition) is 2. The molecule has 7 heteroatoms. The van der Waals surface area contributed by atoms with Gasteiger partial charge < -0.3 is 15.4 Å². The van der Waals surface area contributed by atoms with Crippen molar-refractivity contribution in [2.75, 3.05) is 17.3 Å². The minimum Gasteiger partial charge on any atom is -0.465 e. The van der Waals surface area contributed by atoms with Crippen molar-refractivity contribution in [2.45, 2.75) is 13.0 Å². The second-order valence-electron chi connectivity index (χ2n) is 7.49. The highest BCUT2D eigenvalue weighted by Gasteiger charge is 2.34. The quantitative estimate of drug-likeness (QED) is 0.423. The lowest BCUT2D eigenvalue weighted by atomic mass is 9.93. The number of benzene rings is 3. The molecule has 4 rings (SSSR count). The number of anilines is 2. The highest BCUT2D eigenvalue weighted by Crippen LogP contribution is 2.34. The summed E-state index contributed by atoms with van der Waals surface area (Å²) in [6.07, 6.45) is 0. The minimum atomic E-state index is -0.493. The van der Waals surface area contributed by atoms with Crippen molar-refractivity contribution in [1.82, 2.24) is 5.32 Å². The zero-order valence-electron chi connectivity index (χ0n) is 18.2. The molecule has 6 nitrogen and oxygen atoms in total. The zero-order valence-corrected chi connectivity index (χ0v) is 19.1. The van der Waals surface area contributed by atoms with Gasteiger partial charge in [-0.15, -0.1) is 0 Å². The Kier molecular flexibility index (Phi) is 6.51. The number of carbonyl (C=O) groups excluding carboxylic acids is 2. The lowest BCUT2D eigenvalue weighted by Gasteiger charge is -2.38. The Bertz CT molecular complexity index is 1210. The van der Waals surface area contributed by atoms with Crippen LogP contribution in [0, 0.1) is 0 Å². The molecule has 0 fully saturated rings. The van der Waals surface area contributed by atoms with Crippen LogP contribution in [0.2, 0.25) is 0 Å². The summed E-state index contributed by atoms with van der Waals surface area (Å²) in [5.41, 5.74) is 4.04. The summed E-state index contributed by atoms with van der Waals surface area (Å²) in [7, 11) is 1.34. The van der Waals surface area contributed by atoms with Gasteiger partial charge in [0.05, 0.1) is 24.3 Å².